The normalized spacial score (nSPS) is 8.94. The van der Waals surface area contributed by atoms with Crippen molar-refractivity contribution in [2.45, 2.75) is 12.8 Å². The van der Waals surface area contributed by atoms with E-state index in [0.29, 0.717) is 12.8 Å². The third-order valence-corrected chi connectivity index (χ3v) is 2.27. The molecule has 0 atom stereocenters. The molecule has 0 aliphatic heterocycles. The summed E-state index contributed by atoms with van der Waals surface area (Å²) in [5.41, 5.74) is 2.69. The van der Waals surface area contributed by atoms with Crippen molar-refractivity contribution < 1.29 is 10.0 Å². The molecule has 0 unspecified atom stereocenters. The van der Waals surface area contributed by atoms with Crippen molar-refractivity contribution >= 4 is 5.91 Å². The molecule has 3 nitrogen and oxygen atoms in total. The fourth-order valence-corrected chi connectivity index (χ4v) is 1.34. The number of carbonyl (C=O) groups is 1. The van der Waals surface area contributed by atoms with Crippen molar-refractivity contribution in [3.63, 3.8) is 0 Å². The molecular formula is C15H17NO2. The van der Waals surface area contributed by atoms with Crippen LogP contribution in [-0.2, 0) is 11.2 Å². The molecule has 0 saturated carbocycles. The molecule has 0 aromatic heterocycles. The van der Waals surface area contributed by atoms with Crippen molar-refractivity contribution in [3.8, 4) is 0 Å². The number of aryl methyl sites for hydroxylation is 1. The van der Waals surface area contributed by atoms with Gasteiger partial charge in [-0.1, -0.05) is 66.7 Å². The van der Waals surface area contributed by atoms with E-state index in [-0.39, 0.29) is 5.91 Å². The first-order valence-corrected chi connectivity index (χ1v) is 5.80. The third-order valence-electron chi connectivity index (χ3n) is 2.27. The van der Waals surface area contributed by atoms with Gasteiger partial charge >= 0.3 is 0 Å². The van der Waals surface area contributed by atoms with Crippen LogP contribution >= 0.6 is 0 Å². The minimum Gasteiger partial charge on any atom is -0.289 e. The van der Waals surface area contributed by atoms with Crippen molar-refractivity contribution in [1.29, 1.82) is 0 Å². The summed E-state index contributed by atoms with van der Waals surface area (Å²) in [5.74, 6) is -0.348. The Balaban J connectivity index is 0.000000225. The van der Waals surface area contributed by atoms with Gasteiger partial charge in [0, 0.05) is 6.42 Å². The third kappa shape index (κ3) is 6.45. The summed E-state index contributed by atoms with van der Waals surface area (Å²) in [6, 6.07) is 21.7. The molecular weight excluding hydrogens is 226 g/mol. The maximum absolute atomic E-state index is 10.6. The molecule has 0 bridgehead atoms. The predicted octanol–water partition coefficient (Wildman–Crippen LogP) is 2.81. The SMILES string of the molecule is O=C(CCc1ccccc1)NO.c1ccccc1. The van der Waals surface area contributed by atoms with Gasteiger partial charge in [0.15, 0.2) is 0 Å². The number of nitrogens with one attached hydrogen (secondary N) is 1. The lowest BCUT2D eigenvalue weighted by molar-refractivity contribution is -0.129. The Morgan fingerprint density at radius 1 is 0.889 bits per heavy atom. The van der Waals surface area contributed by atoms with Crippen LogP contribution in [0.4, 0.5) is 0 Å². The number of amides is 1. The number of hydrogen-bond donors (Lipinski definition) is 2. The first-order chi connectivity index (χ1) is 8.83. The highest BCUT2D eigenvalue weighted by atomic mass is 16.5. The van der Waals surface area contributed by atoms with E-state index in [0.717, 1.165) is 5.56 Å². The molecule has 94 valence electrons. The molecule has 2 N–H and O–H groups in total. The number of hydrogen-bond acceptors (Lipinski definition) is 2. The fraction of sp³-hybridized carbons (Fsp3) is 0.133. The maximum atomic E-state index is 10.6. The maximum Gasteiger partial charge on any atom is 0.243 e. The molecule has 1 amide bonds. The van der Waals surface area contributed by atoms with Crippen molar-refractivity contribution in [2.24, 2.45) is 0 Å². The highest BCUT2D eigenvalue weighted by Crippen LogP contribution is 2.01. The fourth-order valence-electron chi connectivity index (χ4n) is 1.34. The van der Waals surface area contributed by atoms with Gasteiger partial charge in [0.2, 0.25) is 5.91 Å². The van der Waals surface area contributed by atoms with Crippen LogP contribution in [0.15, 0.2) is 66.7 Å². The van der Waals surface area contributed by atoms with Gasteiger partial charge < -0.3 is 0 Å². The van der Waals surface area contributed by atoms with Crippen LogP contribution < -0.4 is 5.48 Å². The standard InChI is InChI=1S/C9H11NO2.C6H6/c11-9(10-12)7-6-8-4-2-1-3-5-8;1-2-4-6-5-3-1/h1-5,12H,6-7H2,(H,10,11);1-6H. The summed E-state index contributed by atoms with van der Waals surface area (Å²) in [7, 11) is 0. The topological polar surface area (TPSA) is 49.3 Å². The molecule has 0 radical (unpaired) electrons. The van der Waals surface area contributed by atoms with Gasteiger partial charge in [0.1, 0.15) is 0 Å². The zero-order valence-electron chi connectivity index (χ0n) is 10.1. The van der Waals surface area contributed by atoms with Crippen LogP contribution in [0.25, 0.3) is 0 Å². The van der Waals surface area contributed by atoms with Crippen LogP contribution in [0.2, 0.25) is 0 Å². The van der Waals surface area contributed by atoms with Crippen LogP contribution in [0.1, 0.15) is 12.0 Å². The minimum atomic E-state index is -0.348. The van der Waals surface area contributed by atoms with E-state index in [1.165, 1.54) is 0 Å². The van der Waals surface area contributed by atoms with E-state index in [2.05, 4.69) is 0 Å². The average Bonchev–Trinajstić information content (AvgIpc) is 2.48. The Hall–Kier alpha value is -2.13. The molecule has 0 fully saturated rings. The number of rotatable bonds is 3. The monoisotopic (exact) mass is 243 g/mol. The van der Waals surface area contributed by atoms with Crippen LogP contribution in [0.5, 0.6) is 0 Å². The van der Waals surface area contributed by atoms with Crippen molar-refractivity contribution in [3.05, 3.63) is 72.3 Å². The lowest BCUT2D eigenvalue weighted by Crippen LogP contribution is -2.18. The Kier molecular flexibility index (Phi) is 6.93. The van der Waals surface area contributed by atoms with Gasteiger partial charge in [-0.25, -0.2) is 5.48 Å². The molecule has 0 heterocycles. The van der Waals surface area contributed by atoms with E-state index in [1.54, 1.807) is 5.48 Å². The van der Waals surface area contributed by atoms with Crippen molar-refractivity contribution in [1.82, 2.24) is 5.48 Å². The quantitative estimate of drug-likeness (QED) is 0.643. The molecule has 2 rings (SSSR count). The van der Waals surface area contributed by atoms with E-state index in [1.807, 2.05) is 66.7 Å². The Labute approximate surface area is 107 Å². The smallest absolute Gasteiger partial charge is 0.243 e. The molecule has 0 aliphatic carbocycles. The summed E-state index contributed by atoms with van der Waals surface area (Å²) in [6.45, 7) is 0. The summed E-state index contributed by atoms with van der Waals surface area (Å²) in [5, 5.41) is 8.21. The summed E-state index contributed by atoms with van der Waals surface area (Å²) in [4.78, 5) is 10.6. The average molecular weight is 243 g/mol. The van der Waals surface area contributed by atoms with E-state index < -0.39 is 0 Å². The van der Waals surface area contributed by atoms with Gasteiger partial charge in [-0.3, -0.25) is 10.0 Å². The molecule has 0 aliphatic rings. The van der Waals surface area contributed by atoms with Crippen LogP contribution in [-0.4, -0.2) is 11.1 Å². The van der Waals surface area contributed by atoms with Gasteiger partial charge in [-0.05, 0) is 12.0 Å². The zero-order chi connectivity index (χ0) is 13.1. The van der Waals surface area contributed by atoms with Gasteiger partial charge in [0.25, 0.3) is 0 Å². The number of benzene rings is 2. The van der Waals surface area contributed by atoms with Crippen LogP contribution in [0.3, 0.4) is 0 Å². The van der Waals surface area contributed by atoms with Crippen molar-refractivity contribution in [2.75, 3.05) is 0 Å². The molecule has 2 aromatic rings. The summed E-state index contributed by atoms with van der Waals surface area (Å²) >= 11 is 0. The van der Waals surface area contributed by atoms with Crippen LogP contribution in [0, 0.1) is 0 Å². The highest BCUT2D eigenvalue weighted by Gasteiger charge is 1.98. The lowest BCUT2D eigenvalue weighted by atomic mass is 10.1. The van der Waals surface area contributed by atoms with E-state index in [4.69, 9.17) is 5.21 Å². The molecule has 0 saturated heterocycles. The second kappa shape index (κ2) is 8.96. The van der Waals surface area contributed by atoms with E-state index in [9.17, 15) is 4.79 Å². The highest BCUT2D eigenvalue weighted by molar-refractivity contribution is 5.74. The number of hydroxylamine groups is 1. The van der Waals surface area contributed by atoms with Gasteiger partial charge in [-0.2, -0.15) is 0 Å². The molecule has 2 aromatic carbocycles. The predicted molar refractivity (Wildman–Crippen MR) is 71.1 cm³/mol. The van der Waals surface area contributed by atoms with E-state index >= 15 is 0 Å². The second-order valence-corrected chi connectivity index (χ2v) is 3.68. The second-order valence-electron chi connectivity index (χ2n) is 3.68. The molecule has 3 heteroatoms. The molecule has 0 spiro atoms. The lowest BCUT2D eigenvalue weighted by Gasteiger charge is -1.98. The summed E-state index contributed by atoms with van der Waals surface area (Å²) < 4.78 is 0. The largest absolute Gasteiger partial charge is 0.289 e. The number of carbonyl (C=O) groups excluding carboxylic acids is 1. The van der Waals surface area contributed by atoms with Gasteiger partial charge in [0.05, 0.1) is 0 Å². The Bertz CT molecular complexity index is 402. The minimum absolute atomic E-state index is 0.320. The Morgan fingerprint density at radius 3 is 1.78 bits per heavy atom. The summed E-state index contributed by atoms with van der Waals surface area (Å²) in [6.07, 6.45) is 0.980. The Morgan fingerprint density at radius 2 is 1.33 bits per heavy atom. The zero-order valence-corrected chi connectivity index (χ0v) is 10.1. The first kappa shape index (κ1) is 13.9. The van der Waals surface area contributed by atoms with Gasteiger partial charge in [-0.15, -0.1) is 0 Å². The molecule has 18 heavy (non-hydrogen) atoms. The first-order valence-electron chi connectivity index (χ1n) is 5.80.